The van der Waals surface area contributed by atoms with Crippen LogP contribution in [0.25, 0.3) is 11.1 Å². The van der Waals surface area contributed by atoms with Crippen LogP contribution in [-0.4, -0.2) is 41.2 Å². The summed E-state index contributed by atoms with van der Waals surface area (Å²) in [6, 6.07) is 4.41. The molecule has 0 radical (unpaired) electrons. The van der Waals surface area contributed by atoms with E-state index >= 15 is 0 Å². The second-order valence-corrected chi connectivity index (χ2v) is 7.55. The van der Waals surface area contributed by atoms with E-state index in [9.17, 15) is 13.2 Å². The average Bonchev–Trinajstić information content (AvgIpc) is 3.02. The zero-order valence-electron chi connectivity index (χ0n) is 12.9. The van der Waals surface area contributed by atoms with Crippen molar-refractivity contribution in [1.29, 1.82) is 0 Å². The number of benzene rings is 1. The lowest BCUT2D eigenvalue weighted by Gasteiger charge is -2.10. The Kier molecular flexibility index (Phi) is 3.61. The highest BCUT2D eigenvalue weighted by molar-refractivity contribution is 7.89. The third kappa shape index (κ3) is 2.68. The van der Waals surface area contributed by atoms with Crippen molar-refractivity contribution < 1.29 is 12.8 Å². The molecule has 0 amide bonds. The van der Waals surface area contributed by atoms with Crippen molar-refractivity contribution in [2.24, 2.45) is 7.05 Å². The van der Waals surface area contributed by atoms with E-state index in [1.165, 1.54) is 30.8 Å². The largest absolute Gasteiger partial charge is 0.420 e. The average molecular weight is 336 g/mol. The molecule has 0 unspecified atom stereocenters. The third-order valence-electron chi connectivity index (χ3n) is 3.52. The van der Waals surface area contributed by atoms with Crippen molar-refractivity contribution in [3.05, 3.63) is 46.7 Å². The highest BCUT2D eigenvalue weighted by atomic mass is 32.2. The van der Waals surface area contributed by atoms with Crippen LogP contribution in [0.15, 0.2) is 44.7 Å². The van der Waals surface area contributed by atoms with Crippen LogP contribution >= 0.6 is 0 Å². The molecule has 9 heteroatoms. The van der Waals surface area contributed by atoms with Gasteiger partial charge in [0.25, 0.3) is 0 Å². The van der Waals surface area contributed by atoms with Crippen molar-refractivity contribution in [2.75, 3.05) is 14.1 Å². The zero-order chi connectivity index (χ0) is 16.8. The van der Waals surface area contributed by atoms with Gasteiger partial charge in [-0.15, -0.1) is 0 Å². The van der Waals surface area contributed by atoms with Gasteiger partial charge in [-0.05, 0) is 12.1 Å². The Hall–Kier alpha value is -2.39. The molecule has 0 saturated heterocycles. The minimum Gasteiger partial charge on any atom is -0.408 e. The fraction of sp³-hybridized carbons (Fsp3) is 0.286. The first-order chi connectivity index (χ1) is 10.8. The highest BCUT2D eigenvalue weighted by Gasteiger charge is 2.20. The van der Waals surface area contributed by atoms with Gasteiger partial charge in [0.05, 0.1) is 23.2 Å². The molecule has 8 nitrogen and oxygen atoms in total. The van der Waals surface area contributed by atoms with E-state index in [-0.39, 0.29) is 10.5 Å². The van der Waals surface area contributed by atoms with Gasteiger partial charge in [0.1, 0.15) is 0 Å². The van der Waals surface area contributed by atoms with Crippen LogP contribution in [0.2, 0.25) is 0 Å². The molecule has 1 aromatic carbocycles. The lowest BCUT2D eigenvalue weighted by molar-refractivity contribution is 0.513. The number of aryl methyl sites for hydroxylation is 1. The molecule has 0 atom stereocenters. The topological polar surface area (TPSA) is 90.3 Å². The summed E-state index contributed by atoms with van der Waals surface area (Å²) >= 11 is 0. The van der Waals surface area contributed by atoms with Gasteiger partial charge < -0.3 is 4.42 Å². The Bertz CT molecular complexity index is 1030. The van der Waals surface area contributed by atoms with Crippen LogP contribution in [-0.2, 0) is 23.6 Å². The Morgan fingerprint density at radius 1 is 1.30 bits per heavy atom. The van der Waals surface area contributed by atoms with Crippen molar-refractivity contribution >= 4 is 21.1 Å². The van der Waals surface area contributed by atoms with Crippen LogP contribution in [0.1, 0.15) is 5.56 Å². The van der Waals surface area contributed by atoms with Gasteiger partial charge in [-0.25, -0.2) is 17.5 Å². The summed E-state index contributed by atoms with van der Waals surface area (Å²) in [5.41, 5.74) is 1.63. The van der Waals surface area contributed by atoms with Gasteiger partial charge in [0, 0.05) is 39.0 Å². The van der Waals surface area contributed by atoms with E-state index in [0.717, 1.165) is 9.87 Å². The Morgan fingerprint density at radius 2 is 2.04 bits per heavy atom. The molecule has 3 aromatic rings. The molecule has 0 aliphatic heterocycles. The molecule has 0 aliphatic rings. The van der Waals surface area contributed by atoms with Crippen LogP contribution in [0.5, 0.6) is 0 Å². The normalized spacial score (nSPS) is 12.3. The SMILES string of the molecule is CN(C)S(=O)(=O)c1ccc2c(c1)oc(=O)n2Cc1cnn(C)c1. The van der Waals surface area contributed by atoms with Gasteiger partial charge >= 0.3 is 5.76 Å². The summed E-state index contributed by atoms with van der Waals surface area (Å²) in [7, 11) is 1.11. The number of fused-ring (bicyclic) bond motifs is 1. The molecular formula is C14H16N4O4S. The standard InChI is InChI=1S/C14H16N4O4S/c1-16(2)23(20,21)11-4-5-12-13(6-11)22-14(19)18(12)9-10-7-15-17(3)8-10/h4-8H,9H2,1-3H3. The lowest BCUT2D eigenvalue weighted by Crippen LogP contribution is -2.22. The predicted molar refractivity (Wildman–Crippen MR) is 83.7 cm³/mol. The van der Waals surface area contributed by atoms with Gasteiger partial charge in [-0.3, -0.25) is 9.25 Å². The van der Waals surface area contributed by atoms with Crippen LogP contribution < -0.4 is 5.76 Å². The quantitative estimate of drug-likeness (QED) is 0.697. The monoisotopic (exact) mass is 336 g/mol. The first-order valence-electron chi connectivity index (χ1n) is 6.82. The summed E-state index contributed by atoms with van der Waals surface area (Å²) in [6.07, 6.45) is 3.46. The van der Waals surface area contributed by atoms with E-state index in [1.54, 1.807) is 30.2 Å². The summed E-state index contributed by atoms with van der Waals surface area (Å²) in [6.45, 7) is 0.305. The zero-order valence-corrected chi connectivity index (χ0v) is 13.7. The first-order valence-corrected chi connectivity index (χ1v) is 8.26. The van der Waals surface area contributed by atoms with Gasteiger partial charge in [0.2, 0.25) is 10.0 Å². The minimum atomic E-state index is -3.58. The molecule has 2 heterocycles. The molecule has 2 aromatic heterocycles. The van der Waals surface area contributed by atoms with Gasteiger partial charge in [-0.1, -0.05) is 0 Å². The van der Waals surface area contributed by atoms with Crippen LogP contribution in [0, 0.1) is 0 Å². The van der Waals surface area contributed by atoms with E-state index < -0.39 is 15.8 Å². The maximum Gasteiger partial charge on any atom is 0.420 e. The number of rotatable bonds is 4. The number of aromatic nitrogens is 3. The molecule has 0 N–H and O–H groups in total. The molecule has 0 aliphatic carbocycles. The molecule has 0 bridgehead atoms. The maximum absolute atomic E-state index is 12.1. The van der Waals surface area contributed by atoms with E-state index in [2.05, 4.69) is 5.10 Å². The Morgan fingerprint density at radius 3 is 2.65 bits per heavy atom. The van der Waals surface area contributed by atoms with Crippen molar-refractivity contribution in [3.63, 3.8) is 0 Å². The molecule has 122 valence electrons. The van der Waals surface area contributed by atoms with Crippen LogP contribution in [0.3, 0.4) is 0 Å². The van der Waals surface area contributed by atoms with Crippen molar-refractivity contribution in [2.45, 2.75) is 11.4 Å². The number of hydrogen-bond acceptors (Lipinski definition) is 5. The minimum absolute atomic E-state index is 0.0808. The number of nitrogens with zero attached hydrogens (tertiary/aromatic N) is 4. The summed E-state index contributed by atoms with van der Waals surface area (Å²) in [5.74, 6) is -0.539. The van der Waals surface area contributed by atoms with Crippen LogP contribution in [0.4, 0.5) is 0 Å². The highest BCUT2D eigenvalue weighted by Crippen LogP contribution is 2.21. The summed E-state index contributed by atoms with van der Waals surface area (Å²) in [4.78, 5) is 12.1. The molecule has 3 rings (SSSR count). The molecule has 23 heavy (non-hydrogen) atoms. The molecule has 0 fully saturated rings. The van der Waals surface area contributed by atoms with Gasteiger partial charge in [-0.2, -0.15) is 5.10 Å². The number of oxazole rings is 1. The van der Waals surface area contributed by atoms with E-state index in [0.29, 0.717) is 12.1 Å². The Balaban J connectivity index is 2.09. The second kappa shape index (κ2) is 5.36. The van der Waals surface area contributed by atoms with Crippen molar-refractivity contribution in [1.82, 2.24) is 18.7 Å². The fourth-order valence-corrected chi connectivity index (χ4v) is 3.22. The fourth-order valence-electron chi connectivity index (χ4n) is 2.30. The maximum atomic E-state index is 12.1. The summed E-state index contributed by atoms with van der Waals surface area (Å²) < 4.78 is 33.7. The predicted octanol–water partition coefficient (Wildman–Crippen LogP) is 0.627. The smallest absolute Gasteiger partial charge is 0.408 e. The van der Waals surface area contributed by atoms with Gasteiger partial charge in [0.15, 0.2) is 5.58 Å². The number of sulfonamides is 1. The van der Waals surface area contributed by atoms with Crippen molar-refractivity contribution in [3.8, 4) is 0 Å². The Labute approximate surface area is 132 Å². The van der Waals surface area contributed by atoms with E-state index in [1.807, 2.05) is 0 Å². The lowest BCUT2D eigenvalue weighted by atomic mass is 10.3. The van der Waals surface area contributed by atoms with E-state index in [4.69, 9.17) is 4.42 Å². The first kappa shape index (κ1) is 15.5. The molecule has 0 saturated carbocycles. The second-order valence-electron chi connectivity index (χ2n) is 5.39. The third-order valence-corrected chi connectivity index (χ3v) is 5.33. The molecular weight excluding hydrogens is 320 g/mol. The molecule has 0 spiro atoms. The summed E-state index contributed by atoms with van der Waals surface area (Å²) in [5, 5.41) is 4.06. The number of hydrogen-bond donors (Lipinski definition) is 0.